The molecule has 4 amide bonds. The molecule has 0 radical (unpaired) electrons. The van der Waals surface area contributed by atoms with Crippen LogP contribution in [0.2, 0.25) is 0 Å². The Hall–Kier alpha value is -3.92. The fourth-order valence-electron chi connectivity index (χ4n) is 5.38. The third-order valence-corrected chi connectivity index (χ3v) is 7.52. The summed E-state index contributed by atoms with van der Waals surface area (Å²) in [6, 6.07) is 13.4. The summed E-state index contributed by atoms with van der Waals surface area (Å²) >= 11 is 0. The fraction of sp³-hybridized carbons (Fsp3) is 0.467. The van der Waals surface area contributed by atoms with Crippen LogP contribution in [0.25, 0.3) is 0 Å². The van der Waals surface area contributed by atoms with Crippen LogP contribution in [0.15, 0.2) is 42.5 Å². The molecule has 3 aliphatic heterocycles. The molecule has 0 saturated carbocycles. The first-order valence-corrected chi connectivity index (χ1v) is 13.9. The predicted molar refractivity (Wildman–Crippen MR) is 149 cm³/mol. The molecule has 0 aliphatic carbocycles. The molecule has 0 aromatic heterocycles. The quantitative estimate of drug-likeness (QED) is 0.535. The third-order valence-electron chi connectivity index (χ3n) is 7.52. The SMILES string of the molecule is CC(C)(C)OC(=O)N1CCN(Cc2ccc(CNc3cccc4c3CN(C3CCC(=O)NC3=O)C4=O)cc2)CC1. The Balaban J connectivity index is 1.13. The van der Waals surface area contributed by atoms with Crippen LogP contribution in [0.1, 0.15) is 60.7 Å². The first-order valence-electron chi connectivity index (χ1n) is 13.9. The van der Waals surface area contributed by atoms with Crippen LogP contribution in [-0.4, -0.2) is 76.3 Å². The topological polar surface area (TPSA) is 111 Å². The van der Waals surface area contributed by atoms with Crippen molar-refractivity contribution in [2.75, 3.05) is 31.5 Å². The van der Waals surface area contributed by atoms with Crippen LogP contribution in [0, 0.1) is 0 Å². The second kappa shape index (κ2) is 11.3. The van der Waals surface area contributed by atoms with E-state index in [4.69, 9.17) is 4.74 Å². The lowest BCUT2D eigenvalue weighted by Gasteiger charge is -2.35. The van der Waals surface area contributed by atoms with Gasteiger partial charge in [-0.3, -0.25) is 24.6 Å². The number of imide groups is 1. The Morgan fingerprint density at radius 2 is 1.70 bits per heavy atom. The Morgan fingerprint density at radius 3 is 2.38 bits per heavy atom. The van der Waals surface area contributed by atoms with E-state index >= 15 is 0 Å². The lowest BCUT2D eigenvalue weighted by atomic mass is 10.0. The molecule has 3 aliphatic rings. The molecule has 10 heteroatoms. The van der Waals surface area contributed by atoms with E-state index in [1.165, 1.54) is 5.56 Å². The number of rotatable bonds is 6. The number of fused-ring (bicyclic) bond motifs is 1. The molecular formula is C30H37N5O5. The van der Waals surface area contributed by atoms with Crippen LogP contribution < -0.4 is 10.6 Å². The summed E-state index contributed by atoms with van der Waals surface area (Å²) in [6.45, 7) is 10.3. The average Bonchev–Trinajstić information content (AvgIpc) is 3.24. The zero-order valence-corrected chi connectivity index (χ0v) is 23.4. The van der Waals surface area contributed by atoms with Gasteiger partial charge in [0.25, 0.3) is 5.91 Å². The summed E-state index contributed by atoms with van der Waals surface area (Å²) in [4.78, 5) is 54.9. The number of carbonyl (C=O) groups excluding carboxylic acids is 4. The van der Waals surface area contributed by atoms with E-state index < -0.39 is 17.6 Å². The summed E-state index contributed by atoms with van der Waals surface area (Å²) in [5.41, 5.74) is 4.17. The summed E-state index contributed by atoms with van der Waals surface area (Å²) < 4.78 is 5.49. The van der Waals surface area contributed by atoms with Crippen LogP contribution in [-0.2, 0) is 34.0 Å². The smallest absolute Gasteiger partial charge is 0.410 e. The van der Waals surface area contributed by atoms with Gasteiger partial charge >= 0.3 is 6.09 Å². The molecule has 212 valence electrons. The highest BCUT2D eigenvalue weighted by molar-refractivity contribution is 6.06. The van der Waals surface area contributed by atoms with Gasteiger partial charge in [-0.25, -0.2) is 4.79 Å². The molecule has 2 N–H and O–H groups in total. The van der Waals surface area contributed by atoms with Crippen LogP contribution >= 0.6 is 0 Å². The van der Waals surface area contributed by atoms with Crippen LogP contribution in [0.3, 0.4) is 0 Å². The van der Waals surface area contributed by atoms with Crippen molar-refractivity contribution in [2.45, 2.75) is 64.9 Å². The van der Waals surface area contributed by atoms with Crippen LogP contribution in [0.5, 0.6) is 0 Å². The Kier molecular flexibility index (Phi) is 7.80. The molecule has 0 spiro atoms. The van der Waals surface area contributed by atoms with E-state index in [9.17, 15) is 19.2 Å². The minimum absolute atomic E-state index is 0.176. The fourth-order valence-corrected chi connectivity index (χ4v) is 5.38. The van der Waals surface area contributed by atoms with Crippen molar-refractivity contribution in [2.24, 2.45) is 0 Å². The highest BCUT2D eigenvalue weighted by atomic mass is 16.6. The number of piperidine rings is 1. The van der Waals surface area contributed by atoms with Gasteiger partial charge in [-0.2, -0.15) is 0 Å². The normalized spacial score (nSPS) is 19.9. The van der Waals surface area contributed by atoms with E-state index in [2.05, 4.69) is 39.8 Å². The molecule has 3 heterocycles. The first-order chi connectivity index (χ1) is 19.1. The number of hydrogen-bond donors (Lipinski definition) is 2. The lowest BCUT2D eigenvalue weighted by molar-refractivity contribution is -0.136. The second-order valence-electron chi connectivity index (χ2n) is 11.6. The highest BCUT2D eigenvalue weighted by Crippen LogP contribution is 2.32. The molecule has 40 heavy (non-hydrogen) atoms. The first kappa shape index (κ1) is 27.6. The maximum atomic E-state index is 13.1. The molecular weight excluding hydrogens is 510 g/mol. The van der Waals surface area contributed by atoms with E-state index in [1.807, 2.05) is 32.9 Å². The molecule has 2 aromatic carbocycles. The van der Waals surface area contributed by atoms with Gasteiger partial charge < -0.3 is 19.9 Å². The standard InChI is InChI=1S/C30H37N5O5/c1-30(2,3)40-29(39)34-15-13-33(14-16-34)18-21-9-7-20(8-10-21)17-31-24-6-4-5-22-23(24)19-35(28(22)38)25-11-12-26(36)32-27(25)37/h4-10,25,31H,11-19H2,1-3H3,(H,32,36,37). The molecule has 5 rings (SSSR count). The van der Waals surface area contributed by atoms with Gasteiger partial charge in [0.05, 0.1) is 0 Å². The third kappa shape index (κ3) is 6.28. The van der Waals surface area contributed by atoms with Gasteiger partial charge in [0, 0.05) is 69.0 Å². The largest absolute Gasteiger partial charge is 0.444 e. The van der Waals surface area contributed by atoms with Crippen molar-refractivity contribution < 1.29 is 23.9 Å². The number of anilines is 1. The molecule has 2 saturated heterocycles. The Labute approximate surface area is 234 Å². The van der Waals surface area contributed by atoms with Crippen molar-refractivity contribution >= 4 is 29.5 Å². The monoisotopic (exact) mass is 547 g/mol. The molecule has 1 unspecified atom stereocenters. The van der Waals surface area contributed by atoms with Crippen molar-refractivity contribution in [3.63, 3.8) is 0 Å². The van der Waals surface area contributed by atoms with E-state index in [-0.39, 0.29) is 24.3 Å². The Morgan fingerprint density at radius 1 is 1.00 bits per heavy atom. The number of nitrogens with zero attached hydrogens (tertiary/aromatic N) is 3. The summed E-state index contributed by atoms with van der Waals surface area (Å²) in [5.74, 6) is -0.874. The Bertz CT molecular complexity index is 1290. The summed E-state index contributed by atoms with van der Waals surface area (Å²) in [5, 5.41) is 5.81. The molecule has 2 aromatic rings. The maximum absolute atomic E-state index is 13.1. The van der Waals surface area contributed by atoms with Gasteiger partial charge in [-0.15, -0.1) is 0 Å². The van der Waals surface area contributed by atoms with Crippen molar-refractivity contribution in [1.82, 2.24) is 20.0 Å². The minimum Gasteiger partial charge on any atom is -0.444 e. The number of piperazine rings is 1. The number of amides is 4. The van der Waals surface area contributed by atoms with E-state index in [1.54, 1.807) is 15.9 Å². The van der Waals surface area contributed by atoms with Gasteiger partial charge in [-0.1, -0.05) is 30.3 Å². The van der Waals surface area contributed by atoms with Crippen LogP contribution in [0.4, 0.5) is 10.5 Å². The zero-order valence-electron chi connectivity index (χ0n) is 23.4. The zero-order chi connectivity index (χ0) is 28.4. The highest BCUT2D eigenvalue weighted by Gasteiger charge is 2.39. The van der Waals surface area contributed by atoms with Crippen molar-refractivity contribution in [3.05, 3.63) is 64.7 Å². The van der Waals surface area contributed by atoms with E-state index in [0.717, 1.165) is 36.4 Å². The maximum Gasteiger partial charge on any atom is 0.410 e. The number of benzene rings is 2. The summed E-state index contributed by atoms with van der Waals surface area (Å²) in [7, 11) is 0. The van der Waals surface area contributed by atoms with Gasteiger partial charge in [0.2, 0.25) is 11.8 Å². The lowest BCUT2D eigenvalue weighted by Crippen LogP contribution is -2.52. The van der Waals surface area contributed by atoms with E-state index in [0.29, 0.717) is 38.2 Å². The molecule has 1 atom stereocenters. The average molecular weight is 548 g/mol. The van der Waals surface area contributed by atoms with Gasteiger partial charge in [0.15, 0.2) is 0 Å². The number of nitrogens with one attached hydrogen (secondary N) is 2. The van der Waals surface area contributed by atoms with Crippen molar-refractivity contribution in [3.8, 4) is 0 Å². The number of hydrogen-bond acceptors (Lipinski definition) is 7. The molecule has 2 fully saturated rings. The summed E-state index contributed by atoms with van der Waals surface area (Å²) in [6.07, 6.45) is 0.333. The second-order valence-corrected chi connectivity index (χ2v) is 11.6. The van der Waals surface area contributed by atoms with Crippen molar-refractivity contribution in [1.29, 1.82) is 0 Å². The molecule has 10 nitrogen and oxygen atoms in total. The number of ether oxygens (including phenoxy) is 1. The molecule has 0 bridgehead atoms. The number of carbonyl (C=O) groups is 4. The van der Waals surface area contributed by atoms with Gasteiger partial charge in [-0.05, 0) is 50.5 Å². The minimum atomic E-state index is -0.627. The van der Waals surface area contributed by atoms with Gasteiger partial charge in [0.1, 0.15) is 11.6 Å². The predicted octanol–water partition coefficient (Wildman–Crippen LogP) is 3.11.